The van der Waals surface area contributed by atoms with Crippen molar-refractivity contribution in [3.63, 3.8) is 0 Å². The predicted molar refractivity (Wildman–Crippen MR) is 74.8 cm³/mol. The highest BCUT2D eigenvalue weighted by molar-refractivity contribution is 7.90. The zero-order valence-corrected chi connectivity index (χ0v) is 11.8. The summed E-state index contributed by atoms with van der Waals surface area (Å²) in [6.07, 6.45) is 2.53. The van der Waals surface area contributed by atoms with Crippen LogP contribution in [0.25, 0.3) is 0 Å². The van der Waals surface area contributed by atoms with Crippen LogP contribution in [0.2, 0.25) is 0 Å². The molecular weight excluding hydrogens is 280 g/mol. The molecule has 0 saturated carbocycles. The molecule has 0 spiro atoms. The maximum absolute atomic E-state index is 11.7. The fraction of sp³-hybridized carbons (Fsp3) is 0.154. The van der Waals surface area contributed by atoms with Gasteiger partial charge in [-0.15, -0.1) is 0 Å². The summed E-state index contributed by atoms with van der Waals surface area (Å²) in [4.78, 5) is 3.94. The SMILES string of the molecule is COc1ccc(N)c(Oc2ncccc2S(C)(=O)=O)c1. The van der Waals surface area contributed by atoms with Crippen LogP contribution < -0.4 is 15.2 Å². The van der Waals surface area contributed by atoms with E-state index in [-0.39, 0.29) is 16.5 Å². The molecule has 1 aromatic heterocycles. The Morgan fingerprint density at radius 1 is 1.25 bits per heavy atom. The topological polar surface area (TPSA) is 91.5 Å². The molecule has 0 aliphatic rings. The number of ether oxygens (including phenoxy) is 2. The first kappa shape index (κ1) is 14.1. The quantitative estimate of drug-likeness (QED) is 0.865. The van der Waals surface area contributed by atoms with Gasteiger partial charge in [-0.05, 0) is 24.3 Å². The van der Waals surface area contributed by atoms with Crippen LogP contribution in [0.4, 0.5) is 5.69 Å². The highest BCUT2D eigenvalue weighted by atomic mass is 32.2. The Hall–Kier alpha value is -2.28. The Morgan fingerprint density at radius 3 is 2.65 bits per heavy atom. The van der Waals surface area contributed by atoms with Crippen molar-refractivity contribution in [3.8, 4) is 17.4 Å². The average Bonchev–Trinajstić information content (AvgIpc) is 2.41. The van der Waals surface area contributed by atoms with Gasteiger partial charge in [-0.2, -0.15) is 0 Å². The Morgan fingerprint density at radius 2 is 2.00 bits per heavy atom. The molecule has 2 aromatic rings. The number of anilines is 1. The van der Waals surface area contributed by atoms with Crippen molar-refractivity contribution in [2.45, 2.75) is 4.90 Å². The zero-order chi connectivity index (χ0) is 14.8. The molecule has 7 heteroatoms. The minimum atomic E-state index is -3.44. The Kier molecular flexibility index (Phi) is 3.80. The van der Waals surface area contributed by atoms with Gasteiger partial charge >= 0.3 is 0 Å². The molecule has 0 bridgehead atoms. The molecule has 106 valence electrons. The number of nitrogens with two attached hydrogens (primary N) is 1. The van der Waals surface area contributed by atoms with Crippen LogP contribution >= 0.6 is 0 Å². The molecule has 20 heavy (non-hydrogen) atoms. The second-order valence-corrected chi connectivity index (χ2v) is 6.07. The number of sulfone groups is 1. The molecule has 0 aliphatic heterocycles. The number of hydrogen-bond acceptors (Lipinski definition) is 6. The molecule has 0 radical (unpaired) electrons. The van der Waals surface area contributed by atoms with Crippen molar-refractivity contribution < 1.29 is 17.9 Å². The van der Waals surface area contributed by atoms with Gasteiger partial charge in [-0.1, -0.05) is 0 Å². The van der Waals surface area contributed by atoms with Gasteiger partial charge in [0, 0.05) is 18.5 Å². The molecular formula is C13H14N2O4S. The first-order valence-electron chi connectivity index (χ1n) is 5.68. The fourth-order valence-electron chi connectivity index (χ4n) is 1.57. The molecule has 1 aromatic carbocycles. The van der Waals surface area contributed by atoms with Gasteiger partial charge in [0.15, 0.2) is 15.6 Å². The highest BCUT2D eigenvalue weighted by Crippen LogP contribution is 2.32. The Balaban J connectivity index is 2.46. The summed E-state index contributed by atoms with van der Waals surface area (Å²) >= 11 is 0. The maximum atomic E-state index is 11.7. The van der Waals surface area contributed by atoms with Gasteiger partial charge in [0.1, 0.15) is 10.6 Å². The van der Waals surface area contributed by atoms with Crippen molar-refractivity contribution in [2.75, 3.05) is 19.1 Å². The number of methoxy groups -OCH3 is 1. The molecule has 0 amide bonds. The molecule has 0 saturated heterocycles. The summed E-state index contributed by atoms with van der Waals surface area (Å²) in [6.45, 7) is 0. The van der Waals surface area contributed by atoms with Crippen molar-refractivity contribution in [2.24, 2.45) is 0 Å². The van der Waals surface area contributed by atoms with Gasteiger partial charge in [-0.25, -0.2) is 13.4 Å². The molecule has 0 unspecified atom stereocenters. The van der Waals surface area contributed by atoms with Gasteiger partial charge < -0.3 is 15.2 Å². The summed E-state index contributed by atoms with van der Waals surface area (Å²) < 4.78 is 33.9. The predicted octanol–water partition coefficient (Wildman–Crippen LogP) is 1.87. The van der Waals surface area contributed by atoms with E-state index in [9.17, 15) is 8.42 Å². The maximum Gasteiger partial charge on any atom is 0.238 e. The number of aromatic nitrogens is 1. The van der Waals surface area contributed by atoms with Gasteiger partial charge in [-0.3, -0.25) is 0 Å². The van der Waals surface area contributed by atoms with Crippen LogP contribution in [0, 0.1) is 0 Å². The average molecular weight is 294 g/mol. The number of hydrogen-bond donors (Lipinski definition) is 1. The van der Waals surface area contributed by atoms with Crippen molar-refractivity contribution in [1.29, 1.82) is 0 Å². The van der Waals surface area contributed by atoms with E-state index in [0.29, 0.717) is 11.4 Å². The zero-order valence-electron chi connectivity index (χ0n) is 11.0. The van der Waals surface area contributed by atoms with E-state index in [1.807, 2.05) is 0 Å². The number of pyridine rings is 1. The van der Waals surface area contributed by atoms with Gasteiger partial charge in [0.25, 0.3) is 0 Å². The molecule has 6 nitrogen and oxygen atoms in total. The molecule has 0 aliphatic carbocycles. The minimum Gasteiger partial charge on any atom is -0.497 e. The standard InChI is InChI=1S/C13H14N2O4S/c1-18-9-5-6-10(14)11(8-9)19-13-12(20(2,16)17)4-3-7-15-13/h3-8H,14H2,1-2H3. The normalized spacial score (nSPS) is 11.1. The van der Waals surface area contributed by atoms with Crippen LogP contribution in [-0.4, -0.2) is 26.8 Å². The fourth-order valence-corrected chi connectivity index (χ4v) is 2.31. The Labute approximate surface area is 117 Å². The van der Waals surface area contributed by atoms with E-state index < -0.39 is 9.84 Å². The van der Waals surface area contributed by atoms with E-state index in [1.54, 1.807) is 18.2 Å². The van der Waals surface area contributed by atoms with E-state index >= 15 is 0 Å². The second kappa shape index (κ2) is 5.38. The lowest BCUT2D eigenvalue weighted by Crippen LogP contribution is -2.02. The van der Waals surface area contributed by atoms with Crippen LogP contribution in [0.5, 0.6) is 17.4 Å². The van der Waals surface area contributed by atoms with E-state index in [0.717, 1.165) is 6.26 Å². The van der Waals surface area contributed by atoms with Crippen molar-refractivity contribution in [1.82, 2.24) is 4.98 Å². The van der Waals surface area contributed by atoms with Crippen LogP contribution in [0.3, 0.4) is 0 Å². The summed E-state index contributed by atoms with van der Waals surface area (Å²) in [7, 11) is -1.93. The second-order valence-electron chi connectivity index (χ2n) is 4.08. The molecule has 1 heterocycles. The molecule has 2 N–H and O–H groups in total. The van der Waals surface area contributed by atoms with E-state index in [2.05, 4.69) is 4.98 Å². The van der Waals surface area contributed by atoms with Crippen LogP contribution in [0.15, 0.2) is 41.4 Å². The van der Waals surface area contributed by atoms with E-state index in [1.165, 1.54) is 25.4 Å². The number of nitrogen functional groups attached to an aromatic ring is 1. The summed E-state index contributed by atoms with van der Waals surface area (Å²) in [5.74, 6) is 0.814. The Bertz CT molecular complexity index is 729. The highest BCUT2D eigenvalue weighted by Gasteiger charge is 2.17. The third-order valence-corrected chi connectivity index (χ3v) is 3.67. The lowest BCUT2D eigenvalue weighted by Gasteiger charge is -2.11. The van der Waals surface area contributed by atoms with Crippen LogP contribution in [-0.2, 0) is 9.84 Å². The number of benzene rings is 1. The number of nitrogens with zero attached hydrogens (tertiary/aromatic N) is 1. The third kappa shape index (κ3) is 3.00. The third-order valence-electron chi connectivity index (χ3n) is 2.56. The summed E-state index contributed by atoms with van der Waals surface area (Å²) in [5.41, 5.74) is 6.15. The van der Waals surface area contributed by atoms with Gasteiger partial charge in [0.05, 0.1) is 12.8 Å². The summed E-state index contributed by atoms with van der Waals surface area (Å²) in [6, 6.07) is 7.80. The molecule has 0 fully saturated rings. The number of rotatable bonds is 4. The lowest BCUT2D eigenvalue weighted by molar-refractivity contribution is 0.406. The molecule has 2 rings (SSSR count). The first-order chi connectivity index (χ1) is 9.41. The largest absolute Gasteiger partial charge is 0.497 e. The van der Waals surface area contributed by atoms with E-state index in [4.69, 9.17) is 15.2 Å². The first-order valence-corrected chi connectivity index (χ1v) is 7.57. The van der Waals surface area contributed by atoms with Crippen molar-refractivity contribution >= 4 is 15.5 Å². The van der Waals surface area contributed by atoms with Crippen molar-refractivity contribution in [3.05, 3.63) is 36.5 Å². The van der Waals surface area contributed by atoms with Crippen LogP contribution in [0.1, 0.15) is 0 Å². The minimum absolute atomic E-state index is 0.00206. The monoisotopic (exact) mass is 294 g/mol. The lowest BCUT2D eigenvalue weighted by atomic mass is 10.3. The molecule has 0 atom stereocenters. The smallest absolute Gasteiger partial charge is 0.238 e. The summed E-state index contributed by atoms with van der Waals surface area (Å²) in [5, 5.41) is 0. The van der Waals surface area contributed by atoms with Gasteiger partial charge in [0.2, 0.25) is 5.88 Å².